The standard InChI is InChI=1S/C13H13BrClFN2O/c1-2-5-18-12(10(15)7-17-18)13(19)9-6-8(14)3-4-11(9)16/h3-4,6-7,13,19H,2,5H2,1H3. The first-order valence-corrected chi connectivity index (χ1v) is 7.06. The fraction of sp³-hybridized carbons (Fsp3) is 0.308. The lowest BCUT2D eigenvalue weighted by molar-refractivity contribution is 0.202. The molecule has 0 fully saturated rings. The van der Waals surface area contributed by atoms with E-state index in [2.05, 4.69) is 21.0 Å². The summed E-state index contributed by atoms with van der Waals surface area (Å²) < 4.78 is 16.1. The van der Waals surface area contributed by atoms with Gasteiger partial charge in [0.1, 0.15) is 11.9 Å². The van der Waals surface area contributed by atoms with Crippen molar-refractivity contribution in [3.8, 4) is 0 Å². The minimum Gasteiger partial charge on any atom is -0.382 e. The molecule has 0 amide bonds. The number of halogens is 3. The van der Waals surface area contributed by atoms with Gasteiger partial charge < -0.3 is 5.11 Å². The average molecular weight is 348 g/mol. The van der Waals surface area contributed by atoms with E-state index in [1.807, 2.05) is 6.92 Å². The third kappa shape index (κ3) is 2.99. The average Bonchev–Trinajstić information content (AvgIpc) is 2.73. The van der Waals surface area contributed by atoms with Crippen molar-refractivity contribution in [1.82, 2.24) is 9.78 Å². The molecule has 0 aliphatic heterocycles. The zero-order chi connectivity index (χ0) is 14.0. The molecule has 1 unspecified atom stereocenters. The van der Waals surface area contributed by atoms with Crippen molar-refractivity contribution < 1.29 is 9.50 Å². The first-order chi connectivity index (χ1) is 9.04. The molecule has 6 heteroatoms. The molecule has 0 aliphatic carbocycles. The normalized spacial score (nSPS) is 12.7. The molecule has 2 aromatic rings. The van der Waals surface area contributed by atoms with E-state index in [0.29, 0.717) is 21.7 Å². The van der Waals surface area contributed by atoms with Gasteiger partial charge in [0.15, 0.2) is 0 Å². The predicted molar refractivity (Wildman–Crippen MR) is 75.7 cm³/mol. The predicted octanol–water partition coefficient (Wildman–Crippen LogP) is 3.93. The van der Waals surface area contributed by atoms with Gasteiger partial charge in [-0.25, -0.2) is 4.39 Å². The summed E-state index contributed by atoms with van der Waals surface area (Å²) >= 11 is 9.30. The van der Waals surface area contributed by atoms with Crippen molar-refractivity contribution in [1.29, 1.82) is 0 Å². The van der Waals surface area contributed by atoms with Crippen LogP contribution in [-0.2, 0) is 6.54 Å². The lowest BCUT2D eigenvalue weighted by Gasteiger charge is -2.15. The van der Waals surface area contributed by atoms with Crippen molar-refractivity contribution in [3.05, 3.63) is 51.0 Å². The number of benzene rings is 1. The molecule has 1 heterocycles. The Morgan fingerprint density at radius 3 is 2.95 bits per heavy atom. The minimum absolute atomic E-state index is 0.175. The summed E-state index contributed by atoms with van der Waals surface area (Å²) in [5, 5.41) is 14.8. The van der Waals surface area contributed by atoms with Gasteiger partial charge in [-0.3, -0.25) is 4.68 Å². The zero-order valence-corrected chi connectivity index (χ0v) is 12.6. The molecule has 1 aromatic heterocycles. The van der Waals surface area contributed by atoms with Gasteiger partial charge in [0.05, 0.1) is 16.9 Å². The van der Waals surface area contributed by atoms with E-state index in [4.69, 9.17) is 11.6 Å². The van der Waals surface area contributed by atoms with Crippen LogP contribution in [-0.4, -0.2) is 14.9 Å². The van der Waals surface area contributed by atoms with Crippen molar-refractivity contribution in [2.75, 3.05) is 0 Å². The Morgan fingerprint density at radius 1 is 1.53 bits per heavy atom. The van der Waals surface area contributed by atoms with E-state index in [-0.39, 0.29) is 5.56 Å². The van der Waals surface area contributed by atoms with Crippen molar-refractivity contribution in [2.24, 2.45) is 0 Å². The van der Waals surface area contributed by atoms with Crippen LogP contribution in [0, 0.1) is 5.82 Å². The molecule has 3 nitrogen and oxygen atoms in total. The van der Waals surface area contributed by atoms with Gasteiger partial charge in [0, 0.05) is 16.6 Å². The van der Waals surface area contributed by atoms with Crippen LogP contribution < -0.4 is 0 Å². The first-order valence-electron chi connectivity index (χ1n) is 5.88. The second-order valence-corrected chi connectivity index (χ2v) is 5.49. The van der Waals surface area contributed by atoms with Gasteiger partial charge in [-0.15, -0.1) is 0 Å². The minimum atomic E-state index is -1.14. The summed E-state index contributed by atoms with van der Waals surface area (Å²) in [6.45, 7) is 2.61. The molecule has 102 valence electrons. The second kappa shape index (κ2) is 6.03. The van der Waals surface area contributed by atoms with E-state index in [9.17, 15) is 9.50 Å². The van der Waals surface area contributed by atoms with Gasteiger partial charge in [0.25, 0.3) is 0 Å². The zero-order valence-electron chi connectivity index (χ0n) is 10.3. The number of hydrogen-bond acceptors (Lipinski definition) is 2. The number of rotatable bonds is 4. The molecule has 1 N–H and O–H groups in total. The molecular formula is C13H13BrClFN2O. The van der Waals surface area contributed by atoms with E-state index in [0.717, 1.165) is 6.42 Å². The molecular weight excluding hydrogens is 335 g/mol. The van der Waals surface area contributed by atoms with Crippen molar-refractivity contribution in [3.63, 3.8) is 0 Å². The van der Waals surface area contributed by atoms with Gasteiger partial charge >= 0.3 is 0 Å². The molecule has 0 bridgehead atoms. The molecule has 0 saturated heterocycles. The van der Waals surface area contributed by atoms with Crippen LogP contribution in [0.5, 0.6) is 0 Å². The van der Waals surface area contributed by atoms with E-state index >= 15 is 0 Å². The van der Waals surface area contributed by atoms with Crippen molar-refractivity contribution >= 4 is 27.5 Å². The topological polar surface area (TPSA) is 38.0 Å². The van der Waals surface area contributed by atoms with Crippen LogP contribution in [0.2, 0.25) is 5.02 Å². The van der Waals surface area contributed by atoms with E-state index < -0.39 is 11.9 Å². The fourth-order valence-electron chi connectivity index (χ4n) is 1.91. The summed E-state index contributed by atoms with van der Waals surface area (Å²) in [7, 11) is 0. The molecule has 0 saturated carbocycles. The highest BCUT2D eigenvalue weighted by molar-refractivity contribution is 9.10. The quantitative estimate of drug-likeness (QED) is 0.910. The molecule has 1 aromatic carbocycles. The highest BCUT2D eigenvalue weighted by atomic mass is 79.9. The van der Waals surface area contributed by atoms with Gasteiger partial charge in [0.2, 0.25) is 0 Å². The van der Waals surface area contributed by atoms with Gasteiger partial charge in [-0.2, -0.15) is 5.10 Å². The Hall–Kier alpha value is -0.910. The molecule has 0 aliphatic rings. The molecule has 2 rings (SSSR count). The van der Waals surface area contributed by atoms with Crippen LogP contribution in [0.1, 0.15) is 30.7 Å². The molecule has 0 spiro atoms. The van der Waals surface area contributed by atoms with E-state index in [1.54, 1.807) is 16.8 Å². The number of hydrogen-bond donors (Lipinski definition) is 1. The van der Waals surface area contributed by atoms with Gasteiger partial charge in [-0.1, -0.05) is 34.5 Å². The number of aromatic nitrogens is 2. The maximum absolute atomic E-state index is 13.8. The monoisotopic (exact) mass is 346 g/mol. The lowest BCUT2D eigenvalue weighted by atomic mass is 10.1. The van der Waals surface area contributed by atoms with Crippen LogP contribution in [0.3, 0.4) is 0 Å². The summed E-state index contributed by atoms with van der Waals surface area (Å²) in [5.41, 5.74) is 0.592. The fourth-order valence-corrected chi connectivity index (χ4v) is 2.53. The highest BCUT2D eigenvalue weighted by Crippen LogP contribution is 2.31. The molecule has 1 atom stereocenters. The number of aryl methyl sites for hydroxylation is 1. The number of aliphatic hydroxyl groups is 1. The summed E-state index contributed by atoms with van der Waals surface area (Å²) in [5.74, 6) is -0.476. The summed E-state index contributed by atoms with van der Waals surface area (Å²) in [6.07, 6.45) is 1.17. The molecule has 19 heavy (non-hydrogen) atoms. The van der Waals surface area contributed by atoms with Crippen LogP contribution in [0.15, 0.2) is 28.9 Å². The number of nitrogens with zero attached hydrogens (tertiary/aromatic N) is 2. The summed E-state index contributed by atoms with van der Waals surface area (Å²) in [4.78, 5) is 0. The largest absolute Gasteiger partial charge is 0.382 e. The van der Waals surface area contributed by atoms with Crippen LogP contribution in [0.25, 0.3) is 0 Å². The Kier molecular flexibility index (Phi) is 4.60. The lowest BCUT2D eigenvalue weighted by Crippen LogP contribution is -2.11. The SMILES string of the molecule is CCCn1ncc(Cl)c1C(O)c1cc(Br)ccc1F. The van der Waals surface area contributed by atoms with Crippen LogP contribution >= 0.6 is 27.5 Å². The third-order valence-electron chi connectivity index (χ3n) is 2.78. The summed E-state index contributed by atoms with van der Waals surface area (Å²) in [6, 6.07) is 4.42. The maximum atomic E-state index is 13.8. The Bertz CT molecular complexity index is 588. The smallest absolute Gasteiger partial charge is 0.129 e. The van der Waals surface area contributed by atoms with Crippen LogP contribution in [0.4, 0.5) is 4.39 Å². The Labute approximate surface area is 124 Å². The highest BCUT2D eigenvalue weighted by Gasteiger charge is 2.22. The molecule has 0 radical (unpaired) electrons. The van der Waals surface area contributed by atoms with Gasteiger partial charge in [-0.05, 0) is 24.6 Å². The third-order valence-corrected chi connectivity index (χ3v) is 3.56. The second-order valence-electron chi connectivity index (χ2n) is 4.17. The first kappa shape index (κ1) is 14.5. The Balaban J connectivity index is 2.46. The Morgan fingerprint density at radius 2 is 2.26 bits per heavy atom. The maximum Gasteiger partial charge on any atom is 0.129 e. The van der Waals surface area contributed by atoms with E-state index in [1.165, 1.54) is 12.3 Å². The van der Waals surface area contributed by atoms with Crippen molar-refractivity contribution in [2.45, 2.75) is 26.0 Å². The number of aliphatic hydroxyl groups excluding tert-OH is 1.